The van der Waals surface area contributed by atoms with Gasteiger partial charge in [0.1, 0.15) is 11.6 Å². The van der Waals surface area contributed by atoms with Crippen molar-refractivity contribution in [2.75, 3.05) is 0 Å². The second-order valence-corrected chi connectivity index (χ2v) is 16.8. The van der Waals surface area contributed by atoms with Gasteiger partial charge in [-0.05, 0) is 88.5 Å². The van der Waals surface area contributed by atoms with Gasteiger partial charge < -0.3 is 19.1 Å². The van der Waals surface area contributed by atoms with Crippen LogP contribution in [0.25, 0.3) is 0 Å². The van der Waals surface area contributed by atoms with E-state index in [1.807, 2.05) is 140 Å². The van der Waals surface area contributed by atoms with Crippen LogP contribution in [-0.4, -0.2) is 47.3 Å². The summed E-state index contributed by atoms with van der Waals surface area (Å²) in [6, 6.07) is 0. The van der Waals surface area contributed by atoms with Crippen molar-refractivity contribution in [3.05, 3.63) is 130 Å². The Morgan fingerprint density at radius 1 is 0.517 bits per heavy atom. The van der Waals surface area contributed by atoms with Crippen LogP contribution in [0.3, 0.4) is 0 Å². The Morgan fingerprint density at radius 2 is 0.828 bits per heavy atom. The lowest BCUT2D eigenvalue weighted by Gasteiger charge is -2.36. The maximum absolute atomic E-state index is 13.0. The summed E-state index contributed by atoms with van der Waals surface area (Å²) < 4.78 is 10.9. The van der Waals surface area contributed by atoms with Crippen LogP contribution >= 0.6 is 0 Å². The van der Waals surface area contributed by atoms with E-state index >= 15 is 0 Å². The zero-order valence-corrected chi connectivity index (χ0v) is 36.7. The van der Waals surface area contributed by atoms with Crippen molar-refractivity contribution in [2.24, 2.45) is 10.8 Å². The third-order valence-electron chi connectivity index (χ3n) is 10.2. The minimum Gasteiger partial charge on any atom is -0.454 e. The summed E-state index contributed by atoms with van der Waals surface area (Å²) in [5.74, 6) is -1.62. The van der Waals surface area contributed by atoms with Gasteiger partial charge in [0.25, 0.3) is 0 Å². The molecular weight excluding hydrogens is 729 g/mol. The first-order valence-electron chi connectivity index (χ1n) is 20.0. The van der Waals surface area contributed by atoms with Gasteiger partial charge in [0, 0.05) is 25.7 Å². The summed E-state index contributed by atoms with van der Waals surface area (Å²) in [4.78, 5) is 72.9. The molecule has 2 aliphatic carbocycles. The first kappa shape index (κ1) is 48.9. The number of hydrogen-bond acceptors (Lipinski definition) is 8. The molecule has 0 fully saturated rings. The monoisotopic (exact) mass is 792 g/mol. The first-order valence-corrected chi connectivity index (χ1v) is 20.0. The highest BCUT2D eigenvalue weighted by Crippen LogP contribution is 2.42. The first-order chi connectivity index (χ1) is 27.0. The number of Topliss-reactive ketones (excluding diaryl/α,β-unsaturated/α-hetero) is 4. The number of ketones is 4. The number of ether oxygens (including phenoxy) is 2. The fourth-order valence-corrected chi connectivity index (χ4v) is 6.75. The molecule has 0 saturated carbocycles. The molecule has 0 heterocycles. The van der Waals surface area contributed by atoms with Crippen LogP contribution in [0, 0.1) is 10.8 Å². The average molecular weight is 793 g/mol. The van der Waals surface area contributed by atoms with Gasteiger partial charge in [-0.3, -0.25) is 19.2 Å². The van der Waals surface area contributed by atoms with E-state index in [2.05, 4.69) is 0 Å². The largest absolute Gasteiger partial charge is 0.454 e. The Labute approximate surface area is 346 Å². The summed E-state index contributed by atoms with van der Waals surface area (Å²) in [7, 11) is 0. The van der Waals surface area contributed by atoms with E-state index in [0.717, 1.165) is 33.4 Å². The molecule has 2 rings (SSSR count). The van der Waals surface area contributed by atoms with Gasteiger partial charge in [0.2, 0.25) is 0 Å². The van der Waals surface area contributed by atoms with Crippen molar-refractivity contribution in [1.29, 1.82) is 0 Å². The van der Waals surface area contributed by atoms with Crippen molar-refractivity contribution in [2.45, 2.75) is 134 Å². The smallest absolute Gasteiger partial charge is 0.306 e. The lowest BCUT2D eigenvalue weighted by molar-refractivity contribution is -0.156. The number of carbonyl (C=O) groups excluding carboxylic acids is 6. The minimum atomic E-state index is -0.839. The van der Waals surface area contributed by atoms with Crippen molar-refractivity contribution in [3.63, 3.8) is 0 Å². The summed E-state index contributed by atoms with van der Waals surface area (Å²) in [6.07, 6.45) is 27.3. The molecule has 0 aromatic heterocycles. The highest BCUT2D eigenvalue weighted by atomic mass is 16.6. The molecule has 2 aliphatic rings. The Balaban J connectivity index is 1.97. The number of carbonyl (C=O) groups is 6. The van der Waals surface area contributed by atoms with Gasteiger partial charge in [-0.2, -0.15) is 0 Å². The van der Waals surface area contributed by atoms with Gasteiger partial charge in [-0.1, -0.05) is 135 Å². The van der Waals surface area contributed by atoms with E-state index in [4.69, 9.17) is 9.47 Å². The Bertz CT molecular complexity index is 1810. The van der Waals surface area contributed by atoms with Gasteiger partial charge in [0.15, 0.2) is 23.8 Å². The quantitative estimate of drug-likeness (QED) is 0.0993. The van der Waals surface area contributed by atoms with Crippen molar-refractivity contribution in [3.8, 4) is 0 Å². The number of hydrogen-bond donors (Lipinski definition) is 0. The van der Waals surface area contributed by atoms with E-state index in [1.54, 1.807) is 13.8 Å². The standard InChI is InChI=1S/C50H64O8/c1-33(19-15-21-35(3)23-27-41-39(7)47(55)43(31-49(41,9)10)57-45(53)29-25-37(5)51)17-13-14-18-34(2)20-16-22-36(4)24-28-42-40(8)48(56)44(32-50(42,11)12)58-46(54)30-26-38(6)52/h13-24,27-28,43-44H,25-26,29-32H2,1-12H3/b14-13+,19-15?,20-16?,27-23+,28-24+,33-17+,34-18?,35-21?,36-22+. The molecule has 0 saturated heterocycles. The lowest BCUT2D eigenvalue weighted by atomic mass is 9.71. The van der Waals surface area contributed by atoms with Crippen LogP contribution in [-0.2, 0) is 38.2 Å². The van der Waals surface area contributed by atoms with Crippen molar-refractivity contribution >= 4 is 35.1 Å². The highest BCUT2D eigenvalue weighted by molar-refractivity contribution is 6.02. The molecule has 0 aromatic carbocycles. The topological polar surface area (TPSA) is 121 Å². The number of rotatable bonds is 18. The Kier molecular flexibility index (Phi) is 19.1. The maximum Gasteiger partial charge on any atom is 0.306 e. The van der Waals surface area contributed by atoms with Crippen LogP contribution in [0.5, 0.6) is 0 Å². The zero-order valence-electron chi connectivity index (χ0n) is 36.7. The average Bonchev–Trinajstić information content (AvgIpc) is 3.12. The third kappa shape index (κ3) is 16.3. The fraction of sp³-hybridized carbons (Fsp3) is 0.440. The van der Waals surface area contributed by atoms with Gasteiger partial charge >= 0.3 is 11.9 Å². The SMILES string of the molecule is CC(=O)CCC(=O)OC1CC(C)(C)C(/C=C/C(C)=CC=C/C(C)=C/C=C/C=C(C)C=C/C=C(C)/C=C/C2=C(C)C(=O)C(OC(=O)CCC(C)=O)CC2(C)C)=C(C)C1=O. The summed E-state index contributed by atoms with van der Waals surface area (Å²) in [6.45, 7) is 22.6. The fourth-order valence-electron chi connectivity index (χ4n) is 6.75. The zero-order chi connectivity index (χ0) is 43.8. The molecular formula is C50H64O8. The van der Waals surface area contributed by atoms with Crippen LogP contribution in [0.2, 0.25) is 0 Å². The molecule has 8 heteroatoms. The summed E-state index contributed by atoms with van der Waals surface area (Å²) in [5, 5.41) is 0. The normalized spacial score (nSPS) is 21.1. The van der Waals surface area contributed by atoms with E-state index < -0.39 is 24.1 Å². The lowest BCUT2D eigenvalue weighted by Crippen LogP contribution is -2.39. The van der Waals surface area contributed by atoms with Crippen molar-refractivity contribution < 1.29 is 38.2 Å². The second-order valence-electron chi connectivity index (χ2n) is 16.8. The van der Waals surface area contributed by atoms with Gasteiger partial charge in [-0.15, -0.1) is 0 Å². The number of allylic oxidation sites excluding steroid dienone is 20. The molecule has 0 bridgehead atoms. The third-order valence-corrected chi connectivity index (χ3v) is 10.2. The van der Waals surface area contributed by atoms with Crippen LogP contribution in [0.4, 0.5) is 0 Å². The Hall–Kier alpha value is -5.24. The van der Waals surface area contributed by atoms with E-state index in [9.17, 15) is 28.8 Å². The molecule has 8 nitrogen and oxygen atoms in total. The molecule has 0 N–H and O–H groups in total. The molecule has 2 atom stereocenters. The van der Waals surface area contributed by atoms with Gasteiger partial charge in [0.05, 0.1) is 12.8 Å². The maximum atomic E-state index is 13.0. The summed E-state index contributed by atoms with van der Waals surface area (Å²) in [5.41, 5.74) is 6.43. The van der Waals surface area contributed by atoms with Crippen molar-refractivity contribution in [1.82, 2.24) is 0 Å². The van der Waals surface area contributed by atoms with E-state index in [-0.39, 0.29) is 59.6 Å². The molecule has 0 aromatic rings. The van der Waals surface area contributed by atoms with E-state index in [1.165, 1.54) is 13.8 Å². The highest BCUT2D eigenvalue weighted by Gasteiger charge is 2.41. The minimum absolute atomic E-state index is 0.0195. The molecule has 0 amide bonds. The molecule has 58 heavy (non-hydrogen) atoms. The number of esters is 2. The molecule has 0 spiro atoms. The van der Waals surface area contributed by atoms with Crippen LogP contribution in [0.15, 0.2) is 130 Å². The van der Waals surface area contributed by atoms with Crippen LogP contribution < -0.4 is 0 Å². The summed E-state index contributed by atoms with van der Waals surface area (Å²) >= 11 is 0. The van der Waals surface area contributed by atoms with Crippen LogP contribution in [0.1, 0.15) is 122 Å². The molecule has 312 valence electrons. The predicted molar refractivity (Wildman–Crippen MR) is 233 cm³/mol. The predicted octanol–water partition coefficient (Wildman–Crippen LogP) is 10.7. The molecule has 0 aliphatic heterocycles. The molecule has 2 unspecified atom stereocenters. The Morgan fingerprint density at radius 3 is 1.16 bits per heavy atom. The van der Waals surface area contributed by atoms with Gasteiger partial charge in [-0.25, -0.2) is 0 Å². The second kappa shape index (κ2) is 22.6. The molecule has 0 radical (unpaired) electrons. The van der Waals surface area contributed by atoms with E-state index in [0.29, 0.717) is 24.0 Å².